The molecule has 0 aliphatic carbocycles. The number of nitrogens with zero attached hydrogens (tertiary/aromatic N) is 2. The van der Waals surface area contributed by atoms with Crippen LogP contribution in [0, 0.1) is 0 Å². The molecule has 0 atom stereocenters. The Bertz CT molecular complexity index is 1290. The fourth-order valence-electron chi connectivity index (χ4n) is 5.06. The van der Waals surface area contributed by atoms with Crippen LogP contribution in [0.3, 0.4) is 0 Å². The first kappa shape index (κ1) is 27.7. The summed E-state index contributed by atoms with van der Waals surface area (Å²) in [7, 11) is 3.15. The molecule has 0 unspecified atom stereocenters. The first-order chi connectivity index (χ1) is 18.9. The molecular weight excluding hydrogens is 494 g/mol. The van der Waals surface area contributed by atoms with Gasteiger partial charge in [0.2, 0.25) is 11.8 Å². The van der Waals surface area contributed by atoms with Gasteiger partial charge in [-0.1, -0.05) is 48.5 Å². The number of carbonyl (C=O) groups is 3. The average molecular weight is 530 g/mol. The van der Waals surface area contributed by atoms with Crippen LogP contribution in [-0.2, 0) is 22.7 Å². The molecule has 1 saturated heterocycles. The highest BCUT2D eigenvalue weighted by atomic mass is 16.5. The highest BCUT2D eigenvalue weighted by Gasteiger charge is 2.49. The Morgan fingerprint density at radius 1 is 0.872 bits per heavy atom. The van der Waals surface area contributed by atoms with Gasteiger partial charge in [-0.3, -0.25) is 14.4 Å². The zero-order valence-electron chi connectivity index (χ0n) is 22.7. The second kappa shape index (κ2) is 12.5. The molecule has 0 radical (unpaired) electrons. The zero-order valence-corrected chi connectivity index (χ0v) is 22.7. The Balaban J connectivity index is 1.75. The number of ether oxygens (including phenoxy) is 2. The van der Waals surface area contributed by atoms with Gasteiger partial charge in [-0.25, -0.2) is 0 Å². The summed E-state index contributed by atoms with van der Waals surface area (Å²) in [5, 5.41) is 3.09. The number of rotatable bonds is 9. The molecule has 204 valence electrons. The molecule has 1 aliphatic rings. The summed E-state index contributed by atoms with van der Waals surface area (Å²) in [6.07, 6.45) is 0.620. The fraction of sp³-hybridized carbons (Fsp3) is 0.323. The van der Waals surface area contributed by atoms with Crippen molar-refractivity contribution >= 4 is 17.7 Å². The van der Waals surface area contributed by atoms with Crippen LogP contribution < -0.4 is 14.8 Å². The predicted molar refractivity (Wildman–Crippen MR) is 148 cm³/mol. The molecule has 3 amide bonds. The van der Waals surface area contributed by atoms with Crippen molar-refractivity contribution in [3.63, 3.8) is 0 Å². The molecule has 4 rings (SSSR count). The number of piperidine rings is 1. The van der Waals surface area contributed by atoms with Crippen LogP contribution in [0.15, 0.2) is 78.9 Å². The number of para-hydroxylation sites is 1. The van der Waals surface area contributed by atoms with E-state index in [0.29, 0.717) is 49.5 Å². The summed E-state index contributed by atoms with van der Waals surface area (Å²) in [5.74, 6) is 0.686. The number of carbonyl (C=O) groups excluding carboxylic acids is 3. The minimum Gasteiger partial charge on any atom is -0.497 e. The molecule has 8 heteroatoms. The third-order valence-corrected chi connectivity index (χ3v) is 7.37. The van der Waals surface area contributed by atoms with E-state index in [1.54, 1.807) is 48.3 Å². The smallest absolute Gasteiger partial charge is 0.255 e. The number of amides is 3. The average Bonchev–Trinajstić information content (AvgIpc) is 2.99. The van der Waals surface area contributed by atoms with Crippen molar-refractivity contribution < 1.29 is 23.9 Å². The molecular formula is C31H35N3O5. The van der Waals surface area contributed by atoms with Crippen molar-refractivity contribution in [3.05, 3.63) is 95.6 Å². The van der Waals surface area contributed by atoms with Crippen molar-refractivity contribution in [1.82, 2.24) is 15.1 Å². The molecule has 0 aromatic heterocycles. The maximum atomic E-state index is 14.2. The van der Waals surface area contributed by atoms with Gasteiger partial charge >= 0.3 is 0 Å². The summed E-state index contributed by atoms with van der Waals surface area (Å²) in [6, 6.07) is 24.0. The van der Waals surface area contributed by atoms with Crippen LogP contribution in [0.4, 0.5) is 0 Å². The van der Waals surface area contributed by atoms with E-state index in [2.05, 4.69) is 5.32 Å². The third-order valence-electron chi connectivity index (χ3n) is 7.37. The van der Waals surface area contributed by atoms with Gasteiger partial charge in [0.25, 0.3) is 5.91 Å². The lowest BCUT2D eigenvalue weighted by Crippen LogP contribution is -2.64. The first-order valence-corrected chi connectivity index (χ1v) is 13.0. The number of hydrogen-bond acceptors (Lipinski definition) is 5. The SMILES string of the molecule is COc1ccc(C(=O)N(Cc2ccccc2OC)C2(C(=O)NCc3ccccc3)CCN(C(C)=O)CC2)cc1. The van der Waals surface area contributed by atoms with E-state index in [-0.39, 0.29) is 24.3 Å². The molecule has 0 spiro atoms. The van der Waals surface area contributed by atoms with Gasteiger partial charge in [0.1, 0.15) is 17.0 Å². The Labute approximate surface area is 229 Å². The van der Waals surface area contributed by atoms with E-state index in [1.165, 1.54) is 6.92 Å². The minimum atomic E-state index is -1.18. The Morgan fingerprint density at radius 3 is 2.13 bits per heavy atom. The summed E-state index contributed by atoms with van der Waals surface area (Å²) in [4.78, 5) is 43.9. The minimum absolute atomic E-state index is 0.0500. The van der Waals surface area contributed by atoms with Crippen molar-refractivity contribution in [2.45, 2.75) is 38.4 Å². The quantitative estimate of drug-likeness (QED) is 0.452. The molecule has 39 heavy (non-hydrogen) atoms. The van der Waals surface area contributed by atoms with Crippen molar-refractivity contribution in [1.29, 1.82) is 0 Å². The van der Waals surface area contributed by atoms with Crippen molar-refractivity contribution in [3.8, 4) is 11.5 Å². The van der Waals surface area contributed by atoms with E-state index in [1.807, 2.05) is 54.6 Å². The maximum absolute atomic E-state index is 14.2. The largest absolute Gasteiger partial charge is 0.497 e. The summed E-state index contributed by atoms with van der Waals surface area (Å²) in [6.45, 7) is 2.75. The molecule has 0 bridgehead atoms. The standard InChI is InChI=1S/C31H35N3O5/c1-23(35)33-19-17-31(18-20-33,30(37)32-21-24-9-5-4-6-10-24)34(22-26-11-7-8-12-28(26)39-3)29(36)25-13-15-27(38-2)16-14-25/h4-16H,17-22H2,1-3H3,(H,32,37). The normalized spacial score (nSPS) is 14.3. The summed E-state index contributed by atoms with van der Waals surface area (Å²) >= 11 is 0. The van der Waals surface area contributed by atoms with Gasteiger partial charge in [0, 0.05) is 37.7 Å². The number of benzene rings is 3. The van der Waals surface area contributed by atoms with E-state index in [0.717, 1.165) is 11.1 Å². The molecule has 3 aromatic carbocycles. The third kappa shape index (κ3) is 6.22. The van der Waals surface area contributed by atoms with Crippen LogP contribution in [0.2, 0.25) is 0 Å². The predicted octanol–water partition coefficient (Wildman–Crippen LogP) is 4.04. The summed E-state index contributed by atoms with van der Waals surface area (Å²) < 4.78 is 10.9. The van der Waals surface area contributed by atoms with Crippen molar-refractivity contribution in [2.24, 2.45) is 0 Å². The van der Waals surface area contributed by atoms with E-state index >= 15 is 0 Å². The van der Waals surface area contributed by atoms with Crippen molar-refractivity contribution in [2.75, 3.05) is 27.3 Å². The molecule has 1 fully saturated rings. The van der Waals surface area contributed by atoms with E-state index in [9.17, 15) is 14.4 Å². The Kier molecular flexibility index (Phi) is 8.86. The zero-order chi connectivity index (χ0) is 27.8. The monoisotopic (exact) mass is 529 g/mol. The van der Waals surface area contributed by atoms with Gasteiger partial charge in [0.05, 0.1) is 20.8 Å². The number of likely N-dealkylation sites (tertiary alicyclic amines) is 1. The summed E-state index contributed by atoms with van der Waals surface area (Å²) in [5.41, 5.74) is 0.999. The van der Waals surface area contributed by atoms with Gasteiger partial charge < -0.3 is 24.6 Å². The molecule has 1 heterocycles. The second-order valence-corrected chi connectivity index (χ2v) is 9.64. The highest BCUT2D eigenvalue weighted by molar-refractivity contribution is 5.99. The van der Waals surface area contributed by atoms with Gasteiger partial charge in [-0.15, -0.1) is 0 Å². The Hall–Kier alpha value is -4.33. The van der Waals surface area contributed by atoms with Crippen LogP contribution in [0.5, 0.6) is 11.5 Å². The van der Waals surface area contributed by atoms with Gasteiger partial charge in [-0.2, -0.15) is 0 Å². The maximum Gasteiger partial charge on any atom is 0.255 e. The number of hydrogen-bond donors (Lipinski definition) is 1. The Morgan fingerprint density at radius 2 is 1.51 bits per heavy atom. The molecule has 8 nitrogen and oxygen atoms in total. The number of nitrogens with one attached hydrogen (secondary N) is 1. The van der Waals surface area contributed by atoms with Crippen LogP contribution >= 0.6 is 0 Å². The van der Waals surface area contributed by atoms with Crippen LogP contribution in [-0.4, -0.2) is 60.4 Å². The van der Waals surface area contributed by atoms with Crippen LogP contribution in [0.1, 0.15) is 41.3 Å². The lowest BCUT2D eigenvalue weighted by Gasteiger charge is -2.47. The van der Waals surface area contributed by atoms with Gasteiger partial charge in [0.15, 0.2) is 0 Å². The fourth-order valence-corrected chi connectivity index (χ4v) is 5.06. The van der Waals surface area contributed by atoms with Gasteiger partial charge in [-0.05, 0) is 48.7 Å². The molecule has 3 aromatic rings. The molecule has 0 saturated carbocycles. The lowest BCUT2D eigenvalue weighted by atomic mass is 9.83. The second-order valence-electron chi connectivity index (χ2n) is 9.64. The highest BCUT2D eigenvalue weighted by Crippen LogP contribution is 2.34. The molecule has 1 N–H and O–H groups in total. The van der Waals surface area contributed by atoms with Crippen LogP contribution in [0.25, 0.3) is 0 Å². The number of methoxy groups -OCH3 is 2. The van der Waals surface area contributed by atoms with E-state index < -0.39 is 5.54 Å². The molecule has 1 aliphatic heterocycles. The lowest BCUT2D eigenvalue weighted by molar-refractivity contribution is -0.141. The van der Waals surface area contributed by atoms with E-state index in [4.69, 9.17) is 9.47 Å². The first-order valence-electron chi connectivity index (χ1n) is 13.0. The topological polar surface area (TPSA) is 88.2 Å².